The summed E-state index contributed by atoms with van der Waals surface area (Å²) in [6.45, 7) is 6.25. The monoisotopic (exact) mass is 596 g/mol. The molecule has 0 spiro atoms. The Hall–Kier alpha value is -5.51. The summed E-state index contributed by atoms with van der Waals surface area (Å²) in [5.41, 5.74) is 10.1. The van der Waals surface area contributed by atoms with E-state index in [1.165, 1.54) is 37.7 Å². The molecule has 3 heteroatoms. The largest absolute Gasteiger partial charge is 0.314 e. The minimum absolute atomic E-state index is 0.968. The SMILES string of the molecule is C=C/C(=C\C=C(/C)N(c1ccc(-c2ccc(-c3ccccc3)cc2)cc1)c1ccc2ccccc2c1)c1nc2ccccc2s1. The number of para-hydroxylation sites is 1. The van der Waals surface area contributed by atoms with Gasteiger partial charge in [-0.2, -0.15) is 0 Å². The number of nitrogens with zero attached hydrogens (tertiary/aromatic N) is 2. The van der Waals surface area contributed by atoms with Gasteiger partial charge >= 0.3 is 0 Å². The summed E-state index contributed by atoms with van der Waals surface area (Å²) < 4.78 is 1.17. The zero-order valence-electron chi connectivity index (χ0n) is 25.1. The van der Waals surface area contributed by atoms with Crippen LogP contribution >= 0.6 is 11.3 Å². The van der Waals surface area contributed by atoms with Gasteiger partial charge in [0.05, 0.1) is 10.2 Å². The number of thiazole rings is 1. The molecular formula is C42H32N2S. The van der Waals surface area contributed by atoms with Gasteiger partial charge in [0.15, 0.2) is 0 Å². The van der Waals surface area contributed by atoms with E-state index in [4.69, 9.17) is 4.98 Å². The molecule has 0 aliphatic rings. The predicted molar refractivity (Wildman–Crippen MR) is 195 cm³/mol. The van der Waals surface area contributed by atoms with E-state index >= 15 is 0 Å². The van der Waals surface area contributed by atoms with Crippen LogP contribution in [0, 0.1) is 0 Å². The minimum atomic E-state index is 0.968. The lowest BCUT2D eigenvalue weighted by atomic mass is 10.00. The Morgan fingerprint density at radius 3 is 1.87 bits per heavy atom. The van der Waals surface area contributed by atoms with Crippen LogP contribution in [0.2, 0.25) is 0 Å². The number of aromatic nitrogens is 1. The summed E-state index contributed by atoms with van der Waals surface area (Å²) in [5, 5.41) is 3.40. The zero-order valence-corrected chi connectivity index (χ0v) is 25.9. The average molecular weight is 597 g/mol. The third-order valence-electron chi connectivity index (χ3n) is 8.06. The highest BCUT2D eigenvalue weighted by Gasteiger charge is 2.13. The van der Waals surface area contributed by atoms with Crippen molar-refractivity contribution >= 4 is 49.3 Å². The molecule has 0 aliphatic heterocycles. The maximum Gasteiger partial charge on any atom is 0.124 e. The Morgan fingerprint density at radius 2 is 1.18 bits per heavy atom. The van der Waals surface area contributed by atoms with Gasteiger partial charge < -0.3 is 4.90 Å². The van der Waals surface area contributed by atoms with Gasteiger partial charge in [-0.3, -0.25) is 0 Å². The van der Waals surface area contributed by atoms with Crippen LogP contribution < -0.4 is 4.90 Å². The van der Waals surface area contributed by atoms with E-state index in [1.807, 2.05) is 12.1 Å². The highest BCUT2D eigenvalue weighted by atomic mass is 32.1. The molecule has 0 amide bonds. The third-order valence-corrected chi connectivity index (χ3v) is 9.15. The number of fused-ring (bicyclic) bond motifs is 2. The van der Waals surface area contributed by atoms with Crippen molar-refractivity contribution in [3.8, 4) is 22.3 Å². The van der Waals surface area contributed by atoms with Crippen LogP contribution in [-0.2, 0) is 0 Å². The van der Waals surface area contributed by atoms with Crippen LogP contribution in [-0.4, -0.2) is 4.98 Å². The molecule has 0 saturated carbocycles. The quantitative estimate of drug-likeness (QED) is 0.162. The molecule has 0 radical (unpaired) electrons. The van der Waals surface area contributed by atoms with Gasteiger partial charge in [0, 0.05) is 22.6 Å². The van der Waals surface area contributed by atoms with E-state index in [-0.39, 0.29) is 0 Å². The van der Waals surface area contributed by atoms with Crippen molar-refractivity contribution in [3.63, 3.8) is 0 Å². The molecule has 1 aromatic heterocycles. The summed E-state index contributed by atoms with van der Waals surface area (Å²) >= 11 is 1.69. The van der Waals surface area contributed by atoms with Gasteiger partial charge in [-0.25, -0.2) is 4.98 Å². The van der Waals surface area contributed by atoms with Gasteiger partial charge in [0.25, 0.3) is 0 Å². The fourth-order valence-electron chi connectivity index (χ4n) is 5.67. The lowest BCUT2D eigenvalue weighted by Gasteiger charge is -2.26. The first-order valence-electron chi connectivity index (χ1n) is 15.1. The fraction of sp³-hybridized carbons (Fsp3) is 0.0238. The van der Waals surface area contributed by atoms with Crippen molar-refractivity contribution in [1.29, 1.82) is 0 Å². The summed E-state index contributed by atoms with van der Waals surface area (Å²) in [6.07, 6.45) is 6.17. The van der Waals surface area contributed by atoms with E-state index in [0.717, 1.165) is 33.2 Å². The highest BCUT2D eigenvalue weighted by Crippen LogP contribution is 2.35. The maximum atomic E-state index is 4.85. The highest BCUT2D eigenvalue weighted by molar-refractivity contribution is 7.19. The molecule has 0 aliphatic carbocycles. The second kappa shape index (κ2) is 12.6. The molecule has 216 valence electrons. The van der Waals surface area contributed by atoms with Crippen molar-refractivity contribution in [2.24, 2.45) is 0 Å². The standard InChI is InChI=1S/C42H32N2S/c1-3-31(42-43-40-15-9-10-16-41(40)45-42)18-17-30(2)44(39-28-25-33-13-7-8-14-37(33)29-39)38-26-23-36(24-27-38)35-21-19-34(20-22-35)32-11-5-4-6-12-32/h3-29H,1H2,2H3/b30-17+,31-18+. The predicted octanol–water partition coefficient (Wildman–Crippen LogP) is 12.1. The molecule has 0 N–H and O–H groups in total. The van der Waals surface area contributed by atoms with E-state index in [1.54, 1.807) is 11.3 Å². The first-order valence-corrected chi connectivity index (χ1v) is 15.9. The number of benzene rings is 6. The summed E-state index contributed by atoms with van der Waals surface area (Å²) in [6, 6.07) is 51.5. The molecule has 1 heterocycles. The number of hydrogen-bond acceptors (Lipinski definition) is 3. The first kappa shape index (κ1) is 28.3. The molecule has 2 nitrogen and oxygen atoms in total. The van der Waals surface area contributed by atoms with E-state index in [2.05, 4.69) is 170 Å². The van der Waals surface area contributed by atoms with E-state index in [9.17, 15) is 0 Å². The van der Waals surface area contributed by atoms with Crippen LogP contribution in [0.1, 0.15) is 11.9 Å². The summed E-state index contributed by atoms with van der Waals surface area (Å²) in [7, 11) is 0. The summed E-state index contributed by atoms with van der Waals surface area (Å²) in [4.78, 5) is 7.16. The Balaban J connectivity index is 1.24. The zero-order chi connectivity index (χ0) is 30.6. The van der Waals surface area contributed by atoms with Gasteiger partial charge in [-0.1, -0.05) is 128 Å². The normalized spacial score (nSPS) is 12.0. The van der Waals surface area contributed by atoms with Crippen molar-refractivity contribution in [1.82, 2.24) is 4.98 Å². The van der Waals surface area contributed by atoms with E-state index in [0.29, 0.717) is 0 Å². The first-order chi connectivity index (χ1) is 22.2. The number of hydrogen-bond donors (Lipinski definition) is 0. The number of allylic oxidation sites excluding steroid dienone is 5. The van der Waals surface area contributed by atoms with Crippen molar-refractivity contribution in [2.75, 3.05) is 4.90 Å². The van der Waals surface area contributed by atoms with Crippen molar-refractivity contribution in [2.45, 2.75) is 6.92 Å². The molecule has 0 atom stereocenters. The fourth-order valence-corrected chi connectivity index (χ4v) is 6.65. The molecule has 0 fully saturated rings. The van der Waals surface area contributed by atoms with Gasteiger partial charge in [0.1, 0.15) is 5.01 Å². The molecule has 7 rings (SSSR count). The lowest BCUT2D eigenvalue weighted by molar-refractivity contribution is 1.16. The van der Waals surface area contributed by atoms with Gasteiger partial charge in [0.2, 0.25) is 0 Å². The van der Waals surface area contributed by atoms with Crippen LogP contribution in [0.3, 0.4) is 0 Å². The third kappa shape index (κ3) is 5.99. The second-order valence-corrected chi connectivity index (χ2v) is 12.0. The molecule has 0 unspecified atom stereocenters. The molecule has 6 aromatic carbocycles. The molecule has 0 bridgehead atoms. The molecule has 7 aromatic rings. The van der Waals surface area contributed by atoms with Crippen LogP contribution in [0.25, 0.3) is 48.8 Å². The smallest absolute Gasteiger partial charge is 0.124 e. The Bertz CT molecular complexity index is 2140. The van der Waals surface area contributed by atoms with Crippen LogP contribution in [0.15, 0.2) is 176 Å². The van der Waals surface area contributed by atoms with Crippen LogP contribution in [0.4, 0.5) is 11.4 Å². The van der Waals surface area contributed by atoms with Gasteiger partial charge in [-0.15, -0.1) is 11.3 Å². The van der Waals surface area contributed by atoms with Gasteiger partial charge in [-0.05, 0) is 82.4 Å². The Labute approximate surface area is 268 Å². The molecule has 45 heavy (non-hydrogen) atoms. The summed E-state index contributed by atoms with van der Waals surface area (Å²) in [5.74, 6) is 0. The average Bonchev–Trinajstić information content (AvgIpc) is 3.54. The number of rotatable bonds is 8. The lowest BCUT2D eigenvalue weighted by Crippen LogP contribution is -2.14. The van der Waals surface area contributed by atoms with Crippen molar-refractivity contribution in [3.05, 3.63) is 181 Å². The topological polar surface area (TPSA) is 16.1 Å². The molecule has 0 saturated heterocycles. The number of anilines is 2. The Morgan fingerprint density at radius 1 is 0.600 bits per heavy atom. The minimum Gasteiger partial charge on any atom is -0.314 e. The van der Waals surface area contributed by atoms with Crippen molar-refractivity contribution < 1.29 is 0 Å². The maximum absolute atomic E-state index is 4.85. The van der Waals surface area contributed by atoms with Crippen LogP contribution in [0.5, 0.6) is 0 Å². The Kier molecular flexibility index (Phi) is 7.92. The second-order valence-electron chi connectivity index (χ2n) is 11.0. The molecular weight excluding hydrogens is 565 g/mol. The van der Waals surface area contributed by atoms with E-state index < -0.39 is 0 Å².